The van der Waals surface area contributed by atoms with Gasteiger partial charge in [0.1, 0.15) is 0 Å². The van der Waals surface area contributed by atoms with Crippen LogP contribution in [0.2, 0.25) is 0 Å². The molecule has 0 aromatic heterocycles. The van der Waals surface area contributed by atoms with Crippen molar-refractivity contribution in [3.05, 3.63) is 42.0 Å². The van der Waals surface area contributed by atoms with Crippen LogP contribution < -0.4 is 0 Å². The van der Waals surface area contributed by atoms with Crippen molar-refractivity contribution in [2.24, 2.45) is 0 Å². The number of benzene rings is 1. The van der Waals surface area contributed by atoms with Crippen LogP contribution in [0.25, 0.3) is 6.08 Å². The minimum atomic E-state index is -0.747. The number of carboxylic acid groups (broad SMARTS) is 1. The Hall–Kier alpha value is -1.57. The Morgan fingerprint density at radius 2 is 2.07 bits per heavy atom. The fourth-order valence-electron chi connectivity index (χ4n) is 1.59. The fraction of sp³-hybridized carbons (Fsp3) is 0.308. The first-order chi connectivity index (χ1) is 7.19. The highest BCUT2D eigenvalue weighted by molar-refractivity contribution is 5.76. The average Bonchev–Trinajstić information content (AvgIpc) is 2.26. The number of carbonyl (C=O) groups is 1. The van der Waals surface area contributed by atoms with Crippen LogP contribution in [-0.4, -0.2) is 11.1 Å². The van der Waals surface area contributed by atoms with E-state index in [0.29, 0.717) is 6.42 Å². The molecular formula is C13H16O2. The molecule has 1 rings (SSSR count). The maximum absolute atomic E-state index is 11.0. The first-order valence-corrected chi connectivity index (χ1v) is 5.14. The van der Waals surface area contributed by atoms with Crippen molar-refractivity contribution in [1.29, 1.82) is 0 Å². The molecule has 1 aromatic carbocycles. The molecule has 0 amide bonds. The molecule has 1 aromatic rings. The lowest BCUT2D eigenvalue weighted by Crippen LogP contribution is -2.11. The molecule has 1 N–H and O–H groups in total. The third kappa shape index (κ3) is 2.94. The van der Waals surface area contributed by atoms with E-state index in [2.05, 4.69) is 6.58 Å². The van der Waals surface area contributed by atoms with Gasteiger partial charge in [0.05, 0.1) is 5.92 Å². The topological polar surface area (TPSA) is 37.3 Å². The summed E-state index contributed by atoms with van der Waals surface area (Å²) in [5.74, 6) is -1.13. The van der Waals surface area contributed by atoms with Crippen molar-refractivity contribution in [2.75, 3.05) is 0 Å². The summed E-state index contributed by atoms with van der Waals surface area (Å²) in [6, 6.07) is 7.53. The molecule has 15 heavy (non-hydrogen) atoms. The highest BCUT2D eigenvalue weighted by atomic mass is 16.4. The maximum atomic E-state index is 11.0. The lowest BCUT2D eigenvalue weighted by Gasteiger charge is -2.11. The molecule has 0 saturated carbocycles. The van der Waals surface area contributed by atoms with E-state index >= 15 is 0 Å². The van der Waals surface area contributed by atoms with Crippen molar-refractivity contribution in [1.82, 2.24) is 0 Å². The van der Waals surface area contributed by atoms with E-state index < -0.39 is 5.97 Å². The van der Waals surface area contributed by atoms with Gasteiger partial charge in [0.15, 0.2) is 0 Å². The Bertz CT molecular complexity index is 338. The summed E-state index contributed by atoms with van der Waals surface area (Å²) in [6.45, 7) is 5.65. The Labute approximate surface area is 90.3 Å². The van der Waals surface area contributed by atoms with E-state index in [1.54, 1.807) is 6.08 Å². The van der Waals surface area contributed by atoms with Gasteiger partial charge >= 0.3 is 5.97 Å². The second-order valence-corrected chi connectivity index (χ2v) is 3.55. The van der Waals surface area contributed by atoms with Crippen LogP contribution in [0, 0.1) is 0 Å². The van der Waals surface area contributed by atoms with Crippen LogP contribution in [0.1, 0.15) is 36.8 Å². The van der Waals surface area contributed by atoms with Crippen molar-refractivity contribution >= 4 is 12.0 Å². The summed E-state index contributed by atoms with van der Waals surface area (Å²) >= 11 is 0. The molecule has 0 aliphatic carbocycles. The Morgan fingerprint density at radius 1 is 1.47 bits per heavy atom. The lowest BCUT2D eigenvalue weighted by molar-refractivity contribution is -0.139. The van der Waals surface area contributed by atoms with Gasteiger partial charge in [-0.3, -0.25) is 4.79 Å². The van der Waals surface area contributed by atoms with Crippen molar-refractivity contribution < 1.29 is 9.90 Å². The summed E-state index contributed by atoms with van der Waals surface area (Å²) < 4.78 is 0. The van der Waals surface area contributed by atoms with E-state index in [9.17, 15) is 4.79 Å². The minimum Gasteiger partial charge on any atom is -0.481 e. The van der Waals surface area contributed by atoms with Gasteiger partial charge in [-0.05, 0) is 17.5 Å². The molecule has 0 saturated heterocycles. The molecule has 0 radical (unpaired) electrons. The number of rotatable bonds is 5. The predicted molar refractivity (Wildman–Crippen MR) is 61.8 cm³/mol. The number of hydrogen-bond acceptors (Lipinski definition) is 1. The Kier molecular flexibility index (Phi) is 4.10. The average molecular weight is 204 g/mol. The molecule has 2 nitrogen and oxygen atoms in total. The fourth-order valence-corrected chi connectivity index (χ4v) is 1.59. The van der Waals surface area contributed by atoms with Gasteiger partial charge in [-0.15, -0.1) is 0 Å². The number of carboxylic acids is 1. The SMILES string of the molecule is C=Cc1ccc(C(CCC)C(=O)O)cc1. The molecule has 2 heteroatoms. The van der Waals surface area contributed by atoms with Gasteiger partial charge in [-0.2, -0.15) is 0 Å². The molecule has 0 spiro atoms. The summed E-state index contributed by atoms with van der Waals surface area (Å²) in [6.07, 6.45) is 3.31. The molecule has 0 aliphatic rings. The van der Waals surface area contributed by atoms with Gasteiger partial charge in [0.2, 0.25) is 0 Å². The first-order valence-electron chi connectivity index (χ1n) is 5.14. The number of aliphatic carboxylic acids is 1. The smallest absolute Gasteiger partial charge is 0.310 e. The van der Waals surface area contributed by atoms with E-state index in [1.165, 1.54) is 0 Å². The molecule has 0 aliphatic heterocycles. The zero-order valence-electron chi connectivity index (χ0n) is 8.94. The summed E-state index contributed by atoms with van der Waals surface area (Å²) in [7, 11) is 0. The lowest BCUT2D eigenvalue weighted by atomic mass is 9.94. The van der Waals surface area contributed by atoms with Crippen LogP contribution in [0.15, 0.2) is 30.8 Å². The van der Waals surface area contributed by atoms with E-state index in [1.807, 2.05) is 31.2 Å². The van der Waals surface area contributed by atoms with E-state index in [-0.39, 0.29) is 5.92 Å². The zero-order valence-corrected chi connectivity index (χ0v) is 8.94. The van der Waals surface area contributed by atoms with Gasteiger partial charge in [0.25, 0.3) is 0 Å². The predicted octanol–water partition coefficient (Wildman–Crippen LogP) is 3.30. The number of hydrogen-bond donors (Lipinski definition) is 1. The van der Waals surface area contributed by atoms with Crippen LogP contribution in [0.3, 0.4) is 0 Å². The molecule has 0 bridgehead atoms. The highest BCUT2D eigenvalue weighted by Gasteiger charge is 2.17. The quantitative estimate of drug-likeness (QED) is 0.799. The Balaban J connectivity index is 2.91. The Morgan fingerprint density at radius 3 is 2.47 bits per heavy atom. The summed E-state index contributed by atoms with van der Waals surface area (Å²) in [4.78, 5) is 11.0. The van der Waals surface area contributed by atoms with Gasteiger partial charge in [-0.1, -0.05) is 50.3 Å². The first kappa shape index (κ1) is 11.5. The van der Waals surface area contributed by atoms with E-state index in [0.717, 1.165) is 17.5 Å². The normalized spacial score (nSPS) is 12.1. The van der Waals surface area contributed by atoms with Crippen LogP contribution in [0.5, 0.6) is 0 Å². The highest BCUT2D eigenvalue weighted by Crippen LogP contribution is 2.22. The van der Waals surface area contributed by atoms with Gasteiger partial charge in [-0.25, -0.2) is 0 Å². The molecular weight excluding hydrogens is 188 g/mol. The van der Waals surface area contributed by atoms with Crippen LogP contribution in [0.4, 0.5) is 0 Å². The molecule has 80 valence electrons. The van der Waals surface area contributed by atoms with Crippen LogP contribution >= 0.6 is 0 Å². The van der Waals surface area contributed by atoms with Gasteiger partial charge in [0, 0.05) is 0 Å². The standard InChI is InChI=1S/C13H16O2/c1-3-5-12(13(14)15)11-8-6-10(4-2)7-9-11/h4,6-9,12H,2-3,5H2,1H3,(H,14,15). The molecule has 1 atom stereocenters. The summed E-state index contributed by atoms with van der Waals surface area (Å²) in [5.41, 5.74) is 1.88. The summed E-state index contributed by atoms with van der Waals surface area (Å²) in [5, 5.41) is 9.06. The third-order valence-corrected chi connectivity index (χ3v) is 2.45. The largest absolute Gasteiger partial charge is 0.481 e. The molecule has 0 heterocycles. The molecule has 0 fully saturated rings. The van der Waals surface area contributed by atoms with Crippen LogP contribution in [-0.2, 0) is 4.79 Å². The van der Waals surface area contributed by atoms with Crippen molar-refractivity contribution in [3.8, 4) is 0 Å². The van der Waals surface area contributed by atoms with Crippen molar-refractivity contribution in [3.63, 3.8) is 0 Å². The zero-order chi connectivity index (χ0) is 11.3. The second-order valence-electron chi connectivity index (χ2n) is 3.55. The monoisotopic (exact) mass is 204 g/mol. The minimum absolute atomic E-state index is 0.381. The van der Waals surface area contributed by atoms with Crippen molar-refractivity contribution in [2.45, 2.75) is 25.7 Å². The molecule has 1 unspecified atom stereocenters. The van der Waals surface area contributed by atoms with E-state index in [4.69, 9.17) is 5.11 Å². The van der Waals surface area contributed by atoms with Gasteiger partial charge < -0.3 is 5.11 Å². The third-order valence-electron chi connectivity index (χ3n) is 2.45. The second kappa shape index (κ2) is 5.35. The maximum Gasteiger partial charge on any atom is 0.310 e.